The molecule has 0 aliphatic rings. The van der Waals surface area contributed by atoms with Crippen molar-refractivity contribution in [2.75, 3.05) is 10.6 Å². The van der Waals surface area contributed by atoms with E-state index in [0.717, 1.165) is 32.7 Å². The molecule has 0 radical (unpaired) electrons. The Balaban J connectivity index is 1.57. The van der Waals surface area contributed by atoms with Gasteiger partial charge in [-0.15, -0.1) is 0 Å². The number of fused-ring (bicyclic) bond motifs is 2. The Morgan fingerprint density at radius 3 is 1.32 bits per heavy atom. The summed E-state index contributed by atoms with van der Waals surface area (Å²) in [7, 11) is 0. The van der Waals surface area contributed by atoms with Gasteiger partial charge < -0.3 is 0 Å². The molecule has 0 aliphatic heterocycles. The zero-order valence-corrected chi connectivity index (χ0v) is 19.9. The van der Waals surface area contributed by atoms with E-state index in [-0.39, 0.29) is 11.9 Å². The summed E-state index contributed by atoms with van der Waals surface area (Å²) < 4.78 is 0. The van der Waals surface area contributed by atoms with Gasteiger partial charge >= 0.3 is 0 Å². The van der Waals surface area contributed by atoms with Gasteiger partial charge in [-0.25, -0.2) is 19.9 Å². The van der Waals surface area contributed by atoms with E-state index in [2.05, 4.69) is 30.6 Å². The van der Waals surface area contributed by atoms with Gasteiger partial charge in [-0.3, -0.25) is 10.6 Å². The topological polar surface area (TPSA) is 123 Å². The van der Waals surface area contributed by atoms with Crippen LogP contribution < -0.4 is 10.6 Å². The van der Waals surface area contributed by atoms with Crippen LogP contribution in [0.25, 0.3) is 55.4 Å². The van der Waals surface area contributed by atoms with Gasteiger partial charge in [0, 0.05) is 11.1 Å². The minimum Gasteiger partial charge on any atom is -0.261 e. The number of nitriles is 2. The molecule has 6 aromatic rings. The average Bonchev–Trinajstić information content (AvgIpc) is 2.96. The van der Waals surface area contributed by atoms with E-state index in [1.807, 2.05) is 109 Å². The van der Waals surface area contributed by atoms with Gasteiger partial charge in [-0.2, -0.15) is 10.5 Å². The fourth-order valence-corrected chi connectivity index (χ4v) is 4.54. The third kappa shape index (κ3) is 4.19. The molecule has 178 valence electrons. The molecule has 2 aromatic heterocycles. The second-order valence-corrected chi connectivity index (χ2v) is 8.45. The van der Waals surface area contributed by atoms with Crippen LogP contribution in [0.3, 0.4) is 0 Å². The van der Waals surface area contributed by atoms with E-state index in [0.29, 0.717) is 22.8 Å². The van der Waals surface area contributed by atoms with Gasteiger partial charge in [0.1, 0.15) is 0 Å². The number of nitrogens with zero attached hydrogens (tertiary/aromatic N) is 6. The van der Waals surface area contributed by atoms with Crippen molar-refractivity contribution in [2.24, 2.45) is 0 Å². The van der Waals surface area contributed by atoms with E-state index in [1.54, 1.807) is 0 Å². The van der Waals surface area contributed by atoms with Gasteiger partial charge in [0.2, 0.25) is 11.9 Å². The molecular formula is C30H18N8. The maximum Gasteiger partial charge on any atom is 0.237 e. The SMILES string of the molecule is N#CNc1nc(-c2cc(-c3cccc4ccccc34)nc(NC#N)n2)cc(-c2cccc3ccccc23)n1. The molecule has 6 rings (SSSR count). The number of rotatable bonds is 5. The summed E-state index contributed by atoms with van der Waals surface area (Å²) in [5.74, 6) is 0.293. The highest BCUT2D eigenvalue weighted by Gasteiger charge is 2.15. The van der Waals surface area contributed by atoms with Crippen LogP contribution >= 0.6 is 0 Å². The summed E-state index contributed by atoms with van der Waals surface area (Å²) in [6.45, 7) is 0. The number of nitrogens with one attached hydrogen (secondary N) is 2. The first-order valence-electron chi connectivity index (χ1n) is 11.8. The molecule has 2 heterocycles. The third-order valence-electron chi connectivity index (χ3n) is 6.18. The van der Waals surface area contributed by atoms with Gasteiger partial charge in [0.15, 0.2) is 12.4 Å². The van der Waals surface area contributed by atoms with Crippen LogP contribution in [-0.2, 0) is 0 Å². The number of aromatic nitrogens is 4. The normalized spacial score (nSPS) is 10.6. The molecule has 0 unspecified atom stereocenters. The lowest BCUT2D eigenvalue weighted by Gasteiger charge is -2.12. The molecule has 0 saturated carbocycles. The standard InChI is InChI=1S/C30H18N8/c31-17-33-29-35-25(23-13-5-9-19-7-1-3-11-21(19)23)15-27(37-29)28-16-26(36-30(38-28)34-18-32)24-14-6-10-20-8-2-4-12-22(20)24/h1-16H,(H,33,35,37)(H,34,36,38). The van der Waals surface area contributed by atoms with Crippen LogP contribution in [0, 0.1) is 22.9 Å². The van der Waals surface area contributed by atoms with Gasteiger partial charge in [-0.1, -0.05) is 84.9 Å². The first kappa shape index (κ1) is 22.6. The van der Waals surface area contributed by atoms with Crippen molar-refractivity contribution in [3.63, 3.8) is 0 Å². The lowest BCUT2D eigenvalue weighted by Crippen LogP contribution is -2.03. The van der Waals surface area contributed by atoms with Crippen molar-refractivity contribution in [2.45, 2.75) is 0 Å². The molecule has 0 fully saturated rings. The predicted octanol–water partition coefficient (Wildman–Crippen LogP) is 6.36. The third-order valence-corrected chi connectivity index (χ3v) is 6.18. The molecule has 4 aromatic carbocycles. The number of hydrogen-bond donors (Lipinski definition) is 2. The van der Waals surface area contributed by atoms with Crippen LogP contribution in [0.15, 0.2) is 97.1 Å². The highest BCUT2D eigenvalue weighted by atomic mass is 15.1. The van der Waals surface area contributed by atoms with Crippen LogP contribution in [0.4, 0.5) is 11.9 Å². The summed E-state index contributed by atoms with van der Waals surface area (Å²) in [6.07, 6.45) is 3.81. The van der Waals surface area contributed by atoms with Crippen LogP contribution in [0.5, 0.6) is 0 Å². The highest BCUT2D eigenvalue weighted by Crippen LogP contribution is 2.33. The molecule has 0 saturated heterocycles. The Hall–Kier alpha value is -5.86. The van der Waals surface area contributed by atoms with Crippen molar-refractivity contribution >= 4 is 33.4 Å². The van der Waals surface area contributed by atoms with E-state index in [9.17, 15) is 10.5 Å². The van der Waals surface area contributed by atoms with Crippen molar-refractivity contribution in [3.8, 4) is 46.3 Å². The van der Waals surface area contributed by atoms with Crippen molar-refractivity contribution in [3.05, 3.63) is 97.1 Å². The smallest absolute Gasteiger partial charge is 0.237 e. The molecule has 0 bridgehead atoms. The Morgan fingerprint density at radius 2 is 0.868 bits per heavy atom. The lowest BCUT2D eigenvalue weighted by atomic mass is 10.0. The summed E-state index contributed by atoms with van der Waals surface area (Å²) in [5.41, 5.74) is 4.00. The van der Waals surface area contributed by atoms with Crippen LogP contribution in [0.1, 0.15) is 0 Å². The van der Waals surface area contributed by atoms with Crippen molar-refractivity contribution < 1.29 is 0 Å². The maximum absolute atomic E-state index is 9.31. The molecule has 0 spiro atoms. The highest BCUT2D eigenvalue weighted by molar-refractivity contribution is 5.97. The first-order valence-corrected chi connectivity index (χ1v) is 11.8. The fourth-order valence-electron chi connectivity index (χ4n) is 4.54. The fraction of sp³-hybridized carbons (Fsp3) is 0. The zero-order chi connectivity index (χ0) is 25.9. The summed E-state index contributed by atoms with van der Waals surface area (Å²) >= 11 is 0. The monoisotopic (exact) mass is 490 g/mol. The second kappa shape index (κ2) is 9.65. The van der Waals surface area contributed by atoms with E-state index < -0.39 is 0 Å². The molecule has 0 amide bonds. The van der Waals surface area contributed by atoms with Gasteiger partial charge in [0.05, 0.1) is 22.8 Å². The Labute approximate surface area is 217 Å². The minimum atomic E-state index is 0.146. The molecule has 8 heteroatoms. The molecular weight excluding hydrogens is 472 g/mol. The summed E-state index contributed by atoms with van der Waals surface area (Å²) in [4.78, 5) is 18.3. The number of hydrogen-bond acceptors (Lipinski definition) is 8. The summed E-state index contributed by atoms with van der Waals surface area (Å²) in [6, 6.07) is 31.7. The predicted molar refractivity (Wildman–Crippen MR) is 147 cm³/mol. The Morgan fingerprint density at radius 1 is 0.474 bits per heavy atom. The van der Waals surface area contributed by atoms with Crippen molar-refractivity contribution in [1.82, 2.24) is 19.9 Å². The Bertz CT molecular complexity index is 1770. The average molecular weight is 491 g/mol. The first-order chi connectivity index (χ1) is 18.7. The maximum atomic E-state index is 9.31. The lowest BCUT2D eigenvalue weighted by molar-refractivity contribution is 1.13. The molecule has 8 nitrogen and oxygen atoms in total. The second-order valence-electron chi connectivity index (χ2n) is 8.45. The van der Waals surface area contributed by atoms with Crippen LogP contribution in [-0.4, -0.2) is 19.9 Å². The van der Waals surface area contributed by atoms with Crippen molar-refractivity contribution in [1.29, 1.82) is 10.5 Å². The molecule has 0 atom stereocenters. The van der Waals surface area contributed by atoms with E-state index >= 15 is 0 Å². The number of anilines is 2. The van der Waals surface area contributed by atoms with Crippen LogP contribution in [0.2, 0.25) is 0 Å². The Kier molecular flexibility index (Phi) is 5.74. The minimum absolute atomic E-state index is 0.146. The quantitative estimate of drug-likeness (QED) is 0.211. The molecule has 2 N–H and O–H groups in total. The summed E-state index contributed by atoms with van der Waals surface area (Å²) in [5, 5.41) is 27.9. The number of benzene rings is 4. The molecule has 0 aliphatic carbocycles. The van der Waals surface area contributed by atoms with Gasteiger partial charge in [0.25, 0.3) is 0 Å². The van der Waals surface area contributed by atoms with E-state index in [4.69, 9.17) is 0 Å². The molecule has 38 heavy (non-hydrogen) atoms. The largest absolute Gasteiger partial charge is 0.261 e. The zero-order valence-electron chi connectivity index (χ0n) is 19.9. The van der Waals surface area contributed by atoms with E-state index in [1.165, 1.54) is 0 Å². The van der Waals surface area contributed by atoms with Gasteiger partial charge in [-0.05, 0) is 33.7 Å².